The van der Waals surface area contributed by atoms with Crippen LogP contribution < -0.4 is 5.32 Å². The maximum atomic E-state index is 11.0. The molecule has 0 aromatic heterocycles. The Morgan fingerprint density at radius 2 is 1.53 bits per heavy atom. The molecule has 5 heteroatoms. The Balaban J connectivity index is 1.95. The van der Waals surface area contributed by atoms with Gasteiger partial charge in [-0.1, -0.05) is 59.6 Å². The molecule has 0 saturated heterocycles. The summed E-state index contributed by atoms with van der Waals surface area (Å²) in [6.45, 7) is 5.72. The van der Waals surface area contributed by atoms with Gasteiger partial charge in [0.1, 0.15) is 0 Å². The number of halogens is 2. The summed E-state index contributed by atoms with van der Waals surface area (Å²) in [6.07, 6.45) is 0.763. The normalized spacial score (nSPS) is 14.4. The Bertz CT molecular complexity index is 1070. The molecule has 2 N–H and O–H groups in total. The lowest BCUT2D eigenvalue weighted by Crippen LogP contribution is -2.45. The van der Waals surface area contributed by atoms with Crippen LogP contribution in [0.25, 0.3) is 0 Å². The van der Waals surface area contributed by atoms with Gasteiger partial charge in [0.25, 0.3) is 0 Å². The van der Waals surface area contributed by atoms with Crippen molar-refractivity contribution in [1.29, 1.82) is 5.26 Å². The Hall–Kier alpha value is -2.35. The number of aliphatic hydroxyl groups is 1. The molecule has 3 aromatic carbocycles. The van der Waals surface area contributed by atoms with Gasteiger partial charge in [0.05, 0.1) is 23.3 Å². The highest BCUT2D eigenvalue weighted by atomic mass is 35.5. The maximum Gasteiger partial charge on any atom is 0.0991 e. The van der Waals surface area contributed by atoms with Crippen LogP contribution in [-0.2, 0) is 6.42 Å². The van der Waals surface area contributed by atoms with Gasteiger partial charge in [-0.2, -0.15) is 5.26 Å². The molecule has 32 heavy (non-hydrogen) atoms. The molecule has 0 radical (unpaired) electrons. The molecule has 3 nitrogen and oxygen atoms in total. The van der Waals surface area contributed by atoms with Crippen molar-refractivity contribution in [3.05, 3.63) is 105 Å². The summed E-state index contributed by atoms with van der Waals surface area (Å²) in [5.74, 6) is 0.0709. The smallest absolute Gasteiger partial charge is 0.0991 e. The van der Waals surface area contributed by atoms with Gasteiger partial charge < -0.3 is 10.4 Å². The molecule has 0 saturated carbocycles. The van der Waals surface area contributed by atoms with Crippen molar-refractivity contribution < 1.29 is 5.11 Å². The third kappa shape index (κ3) is 6.34. The van der Waals surface area contributed by atoms with E-state index in [1.807, 2.05) is 66.7 Å². The number of nitrogens with zero attached hydrogens (tertiary/aromatic N) is 1. The molecule has 0 fully saturated rings. The summed E-state index contributed by atoms with van der Waals surface area (Å²) in [7, 11) is 0. The zero-order chi connectivity index (χ0) is 23.3. The number of nitriles is 1. The molecule has 3 atom stereocenters. The zero-order valence-electron chi connectivity index (χ0n) is 18.5. The topological polar surface area (TPSA) is 56.0 Å². The zero-order valence-corrected chi connectivity index (χ0v) is 20.0. The third-order valence-corrected chi connectivity index (χ3v) is 6.26. The lowest BCUT2D eigenvalue weighted by Gasteiger charge is -2.36. The van der Waals surface area contributed by atoms with Crippen molar-refractivity contribution in [3.8, 4) is 6.07 Å². The minimum absolute atomic E-state index is 0.00766. The highest BCUT2D eigenvalue weighted by Gasteiger charge is 2.32. The molecule has 0 heterocycles. The lowest BCUT2D eigenvalue weighted by molar-refractivity contribution is 0.0316. The number of nitrogens with one attached hydrogen (secondary N) is 1. The van der Waals surface area contributed by atoms with Crippen LogP contribution in [0.2, 0.25) is 10.0 Å². The van der Waals surface area contributed by atoms with Gasteiger partial charge in [0.15, 0.2) is 0 Å². The second-order valence-corrected chi connectivity index (χ2v) is 9.64. The molecular weight excluding hydrogens is 439 g/mol. The minimum atomic E-state index is -0.999. The van der Waals surface area contributed by atoms with Gasteiger partial charge >= 0.3 is 0 Å². The average Bonchev–Trinajstić information content (AvgIpc) is 2.77. The number of hydrogen-bond acceptors (Lipinski definition) is 3. The van der Waals surface area contributed by atoms with Crippen LogP contribution in [0.15, 0.2) is 72.8 Å². The Morgan fingerprint density at radius 3 is 2.09 bits per heavy atom. The molecule has 3 aromatic rings. The van der Waals surface area contributed by atoms with Crippen molar-refractivity contribution in [1.82, 2.24) is 5.32 Å². The summed E-state index contributed by atoms with van der Waals surface area (Å²) < 4.78 is 0. The molecule has 0 aliphatic carbocycles. The van der Waals surface area contributed by atoms with E-state index >= 15 is 0 Å². The van der Waals surface area contributed by atoms with Crippen molar-refractivity contribution in [2.24, 2.45) is 0 Å². The van der Waals surface area contributed by atoms with Crippen LogP contribution in [-0.4, -0.2) is 16.7 Å². The molecule has 3 rings (SSSR count). The van der Waals surface area contributed by atoms with Gasteiger partial charge in [0.2, 0.25) is 0 Å². The summed E-state index contributed by atoms with van der Waals surface area (Å²) in [5.41, 5.74) is 2.82. The third-order valence-electron chi connectivity index (χ3n) is 5.76. The molecule has 0 bridgehead atoms. The Morgan fingerprint density at radius 1 is 0.938 bits per heavy atom. The molecule has 166 valence electrons. The fourth-order valence-corrected chi connectivity index (χ4v) is 4.29. The van der Waals surface area contributed by atoms with Crippen molar-refractivity contribution in [3.63, 3.8) is 0 Å². The molecular formula is C27H28Cl2N2O. The van der Waals surface area contributed by atoms with Crippen molar-refractivity contribution in [2.75, 3.05) is 0 Å². The second kappa shape index (κ2) is 10.5. The van der Waals surface area contributed by atoms with E-state index in [0.29, 0.717) is 15.6 Å². The highest BCUT2D eigenvalue weighted by Crippen LogP contribution is 2.32. The van der Waals surface area contributed by atoms with Gasteiger partial charge in [-0.05, 0) is 80.3 Å². The SMILES string of the molecule is C[C@H](NC(c1ccc(Cl)cc1)C(C)(C)O)[C@@H](Cc1ccc(Cl)cc1)c1cccc(C#N)c1. The standard InChI is InChI=1S/C27H28Cl2N2O/c1-18(31-26(27(2,3)32)21-9-13-24(29)14-10-21)25(16-19-7-11-23(28)12-8-19)22-6-4-5-20(15-22)17-30/h4-15,18,25-26,31-32H,16H2,1-3H3/t18-,25+,26?/m0/s1. The van der Waals surface area contributed by atoms with E-state index in [9.17, 15) is 10.4 Å². The van der Waals surface area contributed by atoms with Gasteiger partial charge in [0, 0.05) is 22.0 Å². The van der Waals surface area contributed by atoms with Crippen LogP contribution in [0.5, 0.6) is 0 Å². The number of benzene rings is 3. The highest BCUT2D eigenvalue weighted by molar-refractivity contribution is 6.30. The van der Waals surface area contributed by atoms with Gasteiger partial charge in [-0.15, -0.1) is 0 Å². The van der Waals surface area contributed by atoms with Gasteiger partial charge in [-0.25, -0.2) is 0 Å². The molecule has 1 unspecified atom stereocenters. The first-order valence-electron chi connectivity index (χ1n) is 10.7. The Labute approximate surface area is 200 Å². The number of rotatable bonds is 8. The lowest BCUT2D eigenvalue weighted by atomic mass is 9.83. The molecule has 0 aliphatic heterocycles. The largest absolute Gasteiger partial charge is 0.388 e. The molecule has 0 amide bonds. The predicted octanol–water partition coefficient (Wildman–Crippen LogP) is 6.68. The van der Waals surface area contributed by atoms with Crippen LogP contribution in [0.1, 0.15) is 55.0 Å². The van der Waals surface area contributed by atoms with Crippen LogP contribution in [0, 0.1) is 11.3 Å². The summed E-state index contributed by atoms with van der Waals surface area (Å²) in [5, 5.41) is 25.4. The van der Waals surface area contributed by atoms with Crippen LogP contribution >= 0.6 is 23.2 Å². The second-order valence-electron chi connectivity index (χ2n) is 8.77. The van der Waals surface area contributed by atoms with E-state index in [0.717, 1.165) is 23.1 Å². The van der Waals surface area contributed by atoms with E-state index < -0.39 is 5.60 Å². The minimum Gasteiger partial charge on any atom is -0.388 e. The average molecular weight is 467 g/mol. The first kappa shape index (κ1) is 24.3. The van der Waals surface area contributed by atoms with E-state index in [1.54, 1.807) is 13.8 Å². The fourth-order valence-electron chi connectivity index (χ4n) is 4.04. The van der Waals surface area contributed by atoms with Crippen molar-refractivity contribution in [2.45, 2.75) is 50.8 Å². The first-order chi connectivity index (χ1) is 15.2. The monoisotopic (exact) mass is 466 g/mol. The molecule has 0 spiro atoms. The van der Waals surface area contributed by atoms with E-state index in [1.165, 1.54) is 0 Å². The van der Waals surface area contributed by atoms with Gasteiger partial charge in [-0.3, -0.25) is 0 Å². The van der Waals surface area contributed by atoms with Crippen LogP contribution in [0.4, 0.5) is 0 Å². The maximum absolute atomic E-state index is 11.0. The van der Waals surface area contributed by atoms with E-state index in [2.05, 4.69) is 24.4 Å². The fraction of sp³-hybridized carbons (Fsp3) is 0.296. The molecule has 0 aliphatic rings. The summed E-state index contributed by atoms with van der Waals surface area (Å²) in [6, 6.07) is 25.1. The Kier molecular flexibility index (Phi) is 7.98. The van der Waals surface area contributed by atoms with E-state index in [-0.39, 0.29) is 18.0 Å². The quantitative estimate of drug-likeness (QED) is 0.389. The van der Waals surface area contributed by atoms with E-state index in [4.69, 9.17) is 23.2 Å². The van der Waals surface area contributed by atoms with Crippen molar-refractivity contribution >= 4 is 23.2 Å². The summed E-state index contributed by atoms with van der Waals surface area (Å²) >= 11 is 12.2. The summed E-state index contributed by atoms with van der Waals surface area (Å²) in [4.78, 5) is 0. The van der Waals surface area contributed by atoms with Crippen LogP contribution in [0.3, 0.4) is 0 Å². The first-order valence-corrected chi connectivity index (χ1v) is 11.4. The number of hydrogen-bond donors (Lipinski definition) is 2. The predicted molar refractivity (Wildman–Crippen MR) is 132 cm³/mol.